The van der Waals surface area contributed by atoms with Gasteiger partial charge in [0.15, 0.2) is 11.5 Å². The van der Waals surface area contributed by atoms with Gasteiger partial charge in [-0.2, -0.15) is 0 Å². The van der Waals surface area contributed by atoms with E-state index in [4.69, 9.17) is 0 Å². The second-order valence-electron chi connectivity index (χ2n) is 3.89. The summed E-state index contributed by atoms with van der Waals surface area (Å²) in [6.45, 7) is 3.61. The first-order valence-corrected chi connectivity index (χ1v) is 4.92. The highest BCUT2D eigenvalue weighted by atomic mass is 16.3. The summed E-state index contributed by atoms with van der Waals surface area (Å²) < 4.78 is 0. The quantitative estimate of drug-likeness (QED) is 0.519. The van der Waals surface area contributed by atoms with Crippen molar-refractivity contribution >= 4 is 5.69 Å². The number of phenols is 2. The van der Waals surface area contributed by atoms with Crippen LogP contribution < -0.4 is 5.32 Å². The van der Waals surface area contributed by atoms with Gasteiger partial charge in [-0.3, -0.25) is 0 Å². The topological polar surface area (TPSA) is 55.7 Å². The second kappa shape index (κ2) is 4.89. The minimum absolute atomic E-state index is 0.0781. The number of phenolic OH excluding ortho intramolecular Hbond substituents is 2. The van der Waals surface area contributed by atoms with Crippen LogP contribution in [0.1, 0.15) is 5.56 Å². The molecule has 0 saturated heterocycles. The van der Waals surface area contributed by atoms with Crippen LogP contribution in [0.15, 0.2) is 12.1 Å². The van der Waals surface area contributed by atoms with Crippen molar-refractivity contribution in [3.63, 3.8) is 0 Å². The Morgan fingerprint density at radius 2 is 1.80 bits per heavy atom. The van der Waals surface area contributed by atoms with E-state index in [-0.39, 0.29) is 11.5 Å². The fourth-order valence-corrected chi connectivity index (χ4v) is 1.29. The molecule has 0 aliphatic carbocycles. The van der Waals surface area contributed by atoms with Gasteiger partial charge in [-0.05, 0) is 32.6 Å². The van der Waals surface area contributed by atoms with Crippen molar-refractivity contribution in [1.29, 1.82) is 0 Å². The number of benzene rings is 1. The summed E-state index contributed by atoms with van der Waals surface area (Å²) >= 11 is 0. The molecule has 0 aliphatic rings. The molecule has 3 N–H and O–H groups in total. The van der Waals surface area contributed by atoms with Crippen molar-refractivity contribution < 1.29 is 10.2 Å². The molecule has 0 aromatic heterocycles. The highest BCUT2D eigenvalue weighted by Gasteiger charge is 2.04. The van der Waals surface area contributed by atoms with Crippen molar-refractivity contribution in [2.24, 2.45) is 0 Å². The zero-order valence-corrected chi connectivity index (χ0v) is 9.41. The molecule has 0 bridgehead atoms. The Balaban J connectivity index is 2.65. The normalized spacial score (nSPS) is 10.7. The van der Waals surface area contributed by atoms with Crippen molar-refractivity contribution in [2.45, 2.75) is 6.92 Å². The lowest BCUT2D eigenvalue weighted by Crippen LogP contribution is -2.21. The Labute approximate surface area is 90.2 Å². The number of nitrogens with zero attached hydrogens (tertiary/aromatic N) is 1. The first kappa shape index (κ1) is 11.7. The van der Waals surface area contributed by atoms with E-state index < -0.39 is 0 Å². The summed E-state index contributed by atoms with van der Waals surface area (Å²) in [5.41, 5.74) is 1.77. The number of anilines is 1. The van der Waals surface area contributed by atoms with Crippen LogP contribution in [-0.2, 0) is 0 Å². The minimum Gasteiger partial charge on any atom is -0.504 e. The van der Waals surface area contributed by atoms with Crippen molar-refractivity contribution in [3.8, 4) is 11.5 Å². The highest BCUT2D eigenvalue weighted by Crippen LogP contribution is 2.30. The number of hydrogen-bond donors (Lipinski definition) is 3. The fraction of sp³-hybridized carbons (Fsp3) is 0.455. The zero-order valence-electron chi connectivity index (χ0n) is 9.41. The Kier molecular flexibility index (Phi) is 3.80. The van der Waals surface area contributed by atoms with Gasteiger partial charge in [-0.15, -0.1) is 0 Å². The largest absolute Gasteiger partial charge is 0.504 e. The maximum Gasteiger partial charge on any atom is 0.159 e. The summed E-state index contributed by atoms with van der Waals surface area (Å²) in [5, 5.41) is 21.8. The molecule has 0 spiro atoms. The van der Waals surface area contributed by atoms with Gasteiger partial charge < -0.3 is 20.4 Å². The van der Waals surface area contributed by atoms with E-state index in [2.05, 4.69) is 10.2 Å². The molecule has 0 heterocycles. The lowest BCUT2D eigenvalue weighted by Gasteiger charge is -2.13. The summed E-state index contributed by atoms with van der Waals surface area (Å²) in [4.78, 5) is 2.07. The summed E-state index contributed by atoms with van der Waals surface area (Å²) in [5.74, 6) is -0.168. The van der Waals surface area contributed by atoms with Crippen molar-refractivity contribution in [3.05, 3.63) is 17.7 Å². The SMILES string of the molecule is Cc1cc(O)c(O)cc1NCCN(C)C. The molecular formula is C11H18N2O2. The maximum atomic E-state index is 9.33. The van der Waals surface area contributed by atoms with Gasteiger partial charge in [-0.1, -0.05) is 0 Å². The van der Waals surface area contributed by atoms with Crippen LogP contribution in [0, 0.1) is 6.92 Å². The Bertz CT molecular complexity index is 338. The first-order chi connectivity index (χ1) is 7.00. The van der Waals surface area contributed by atoms with Gasteiger partial charge in [-0.25, -0.2) is 0 Å². The Morgan fingerprint density at radius 1 is 1.20 bits per heavy atom. The molecule has 4 heteroatoms. The molecule has 0 radical (unpaired) electrons. The van der Waals surface area contributed by atoms with E-state index in [1.165, 1.54) is 0 Å². The molecule has 0 fully saturated rings. The lowest BCUT2D eigenvalue weighted by molar-refractivity contribution is 0.403. The van der Waals surface area contributed by atoms with Crippen LogP contribution in [0.5, 0.6) is 11.5 Å². The number of nitrogens with one attached hydrogen (secondary N) is 1. The third kappa shape index (κ3) is 3.32. The number of aromatic hydroxyl groups is 2. The minimum atomic E-state index is -0.0899. The van der Waals surface area contributed by atoms with Gasteiger partial charge in [0.1, 0.15) is 0 Å². The van der Waals surface area contributed by atoms with E-state index in [0.717, 1.165) is 24.3 Å². The molecular weight excluding hydrogens is 192 g/mol. The maximum absolute atomic E-state index is 9.33. The number of likely N-dealkylation sites (N-methyl/N-ethyl adjacent to an activating group) is 1. The van der Waals surface area contributed by atoms with Gasteiger partial charge in [0, 0.05) is 24.8 Å². The average Bonchev–Trinajstić information content (AvgIpc) is 2.13. The smallest absolute Gasteiger partial charge is 0.159 e. The molecule has 15 heavy (non-hydrogen) atoms. The zero-order chi connectivity index (χ0) is 11.4. The average molecular weight is 210 g/mol. The summed E-state index contributed by atoms with van der Waals surface area (Å²) in [7, 11) is 4.01. The first-order valence-electron chi connectivity index (χ1n) is 4.92. The van der Waals surface area contributed by atoms with Crippen LogP contribution in [0.25, 0.3) is 0 Å². The van der Waals surface area contributed by atoms with Crippen LogP contribution in [0.4, 0.5) is 5.69 Å². The molecule has 1 aromatic rings. The van der Waals surface area contributed by atoms with E-state index >= 15 is 0 Å². The van der Waals surface area contributed by atoms with Crippen molar-refractivity contribution in [1.82, 2.24) is 4.90 Å². The highest BCUT2D eigenvalue weighted by molar-refractivity contribution is 5.59. The van der Waals surface area contributed by atoms with Crippen LogP contribution >= 0.6 is 0 Å². The lowest BCUT2D eigenvalue weighted by atomic mass is 10.2. The van der Waals surface area contributed by atoms with Gasteiger partial charge in [0.05, 0.1) is 0 Å². The molecule has 0 saturated carbocycles. The third-order valence-corrected chi connectivity index (χ3v) is 2.20. The van der Waals surface area contributed by atoms with Gasteiger partial charge >= 0.3 is 0 Å². The molecule has 0 unspecified atom stereocenters. The monoisotopic (exact) mass is 210 g/mol. The summed E-state index contributed by atoms with van der Waals surface area (Å²) in [6, 6.07) is 3.09. The second-order valence-corrected chi connectivity index (χ2v) is 3.89. The van der Waals surface area contributed by atoms with E-state index in [1.54, 1.807) is 12.1 Å². The Morgan fingerprint density at radius 3 is 2.40 bits per heavy atom. The Hall–Kier alpha value is -1.42. The molecule has 84 valence electrons. The fourth-order valence-electron chi connectivity index (χ4n) is 1.29. The molecule has 1 rings (SSSR count). The van der Waals surface area contributed by atoms with Gasteiger partial charge in [0.25, 0.3) is 0 Å². The van der Waals surface area contributed by atoms with Crippen LogP contribution in [0.2, 0.25) is 0 Å². The number of rotatable bonds is 4. The third-order valence-electron chi connectivity index (χ3n) is 2.20. The predicted molar refractivity (Wildman–Crippen MR) is 61.6 cm³/mol. The number of aryl methyl sites for hydroxylation is 1. The standard InChI is InChI=1S/C11H18N2O2/c1-8-6-10(14)11(15)7-9(8)12-4-5-13(2)3/h6-7,12,14-15H,4-5H2,1-3H3. The summed E-state index contributed by atoms with van der Waals surface area (Å²) in [6.07, 6.45) is 0. The number of hydrogen-bond acceptors (Lipinski definition) is 4. The van der Waals surface area contributed by atoms with Crippen LogP contribution in [0.3, 0.4) is 0 Å². The van der Waals surface area contributed by atoms with Crippen LogP contribution in [-0.4, -0.2) is 42.3 Å². The van der Waals surface area contributed by atoms with Crippen molar-refractivity contribution in [2.75, 3.05) is 32.5 Å². The molecule has 4 nitrogen and oxygen atoms in total. The molecule has 0 atom stereocenters. The predicted octanol–water partition coefficient (Wildman–Crippen LogP) is 1.38. The van der Waals surface area contributed by atoms with E-state index in [1.807, 2.05) is 21.0 Å². The molecule has 0 amide bonds. The van der Waals surface area contributed by atoms with Gasteiger partial charge in [0.2, 0.25) is 0 Å². The molecule has 1 aromatic carbocycles. The molecule has 0 aliphatic heterocycles. The van der Waals surface area contributed by atoms with E-state index in [0.29, 0.717) is 0 Å². The van der Waals surface area contributed by atoms with E-state index in [9.17, 15) is 10.2 Å².